The Bertz CT molecular complexity index is 192. The SMILES string of the molecule is C=C(CN(CC)CCOCC)C(=O)O. The smallest absolute Gasteiger partial charge is 0.332 e. The van der Waals surface area contributed by atoms with E-state index < -0.39 is 5.97 Å². The first-order chi connectivity index (χ1) is 6.61. The van der Waals surface area contributed by atoms with Gasteiger partial charge < -0.3 is 9.84 Å². The van der Waals surface area contributed by atoms with Gasteiger partial charge >= 0.3 is 5.97 Å². The lowest BCUT2D eigenvalue weighted by Gasteiger charge is -2.19. The minimum atomic E-state index is -0.931. The molecule has 0 saturated carbocycles. The van der Waals surface area contributed by atoms with Crippen LogP contribution in [0.4, 0.5) is 0 Å². The number of carboxylic acid groups (broad SMARTS) is 1. The summed E-state index contributed by atoms with van der Waals surface area (Å²) in [5.41, 5.74) is 0.225. The Balaban J connectivity index is 3.78. The van der Waals surface area contributed by atoms with Crippen LogP contribution in [0.2, 0.25) is 0 Å². The van der Waals surface area contributed by atoms with Crippen LogP contribution in [0, 0.1) is 0 Å². The number of ether oxygens (including phenoxy) is 1. The molecule has 0 spiro atoms. The molecule has 0 amide bonds. The Morgan fingerprint density at radius 2 is 2.14 bits per heavy atom. The molecular formula is C10H19NO3. The van der Waals surface area contributed by atoms with E-state index in [-0.39, 0.29) is 5.57 Å². The van der Waals surface area contributed by atoms with Gasteiger partial charge in [0.1, 0.15) is 0 Å². The van der Waals surface area contributed by atoms with Crippen LogP contribution in [0.5, 0.6) is 0 Å². The molecule has 0 rings (SSSR count). The van der Waals surface area contributed by atoms with Crippen molar-refractivity contribution >= 4 is 5.97 Å². The Morgan fingerprint density at radius 1 is 1.50 bits per heavy atom. The zero-order valence-electron chi connectivity index (χ0n) is 8.95. The van der Waals surface area contributed by atoms with E-state index in [0.717, 1.165) is 13.1 Å². The topological polar surface area (TPSA) is 49.8 Å². The molecule has 1 N–H and O–H groups in total. The molecule has 0 aliphatic rings. The van der Waals surface area contributed by atoms with Gasteiger partial charge in [0.15, 0.2) is 0 Å². The number of carboxylic acids is 1. The molecule has 0 fully saturated rings. The van der Waals surface area contributed by atoms with E-state index in [2.05, 4.69) is 6.58 Å². The standard InChI is InChI=1S/C10H19NO3/c1-4-11(6-7-14-5-2)8-9(3)10(12)13/h3-8H2,1-2H3,(H,12,13). The van der Waals surface area contributed by atoms with Gasteiger partial charge in [-0.1, -0.05) is 13.5 Å². The molecule has 4 heteroatoms. The Kier molecular flexibility index (Phi) is 7.06. The highest BCUT2D eigenvalue weighted by molar-refractivity contribution is 5.86. The average molecular weight is 201 g/mol. The number of carbonyl (C=O) groups is 1. The molecule has 0 heterocycles. The molecule has 0 saturated heterocycles. The van der Waals surface area contributed by atoms with Crippen molar-refractivity contribution in [3.05, 3.63) is 12.2 Å². The molecule has 0 aromatic heterocycles. The molecule has 4 nitrogen and oxygen atoms in total. The predicted octanol–water partition coefficient (Wildman–Crippen LogP) is 0.986. The van der Waals surface area contributed by atoms with E-state index in [4.69, 9.17) is 9.84 Å². The third kappa shape index (κ3) is 5.72. The van der Waals surface area contributed by atoms with Crippen molar-refractivity contribution in [2.45, 2.75) is 13.8 Å². The lowest BCUT2D eigenvalue weighted by Crippen LogP contribution is -2.30. The lowest BCUT2D eigenvalue weighted by atomic mass is 10.3. The van der Waals surface area contributed by atoms with Gasteiger partial charge in [0.2, 0.25) is 0 Å². The van der Waals surface area contributed by atoms with Crippen LogP contribution in [-0.4, -0.2) is 48.8 Å². The van der Waals surface area contributed by atoms with E-state index in [1.54, 1.807) is 0 Å². The summed E-state index contributed by atoms with van der Waals surface area (Å²) in [5, 5.41) is 8.64. The molecule has 0 unspecified atom stereocenters. The first-order valence-electron chi connectivity index (χ1n) is 4.83. The Labute approximate surface area is 85.2 Å². The highest BCUT2D eigenvalue weighted by Gasteiger charge is 2.09. The monoisotopic (exact) mass is 201 g/mol. The quantitative estimate of drug-likeness (QED) is 0.470. The van der Waals surface area contributed by atoms with Gasteiger partial charge in [0, 0.05) is 25.3 Å². The highest BCUT2D eigenvalue weighted by Crippen LogP contribution is 1.96. The minimum Gasteiger partial charge on any atom is -0.478 e. The number of rotatable bonds is 8. The maximum atomic E-state index is 10.5. The van der Waals surface area contributed by atoms with E-state index in [0.29, 0.717) is 19.8 Å². The van der Waals surface area contributed by atoms with E-state index in [1.165, 1.54) is 0 Å². The fraction of sp³-hybridized carbons (Fsp3) is 0.700. The molecule has 0 aliphatic heterocycles. The molecule has 0 aromatic carbocycles. The first kappa shape index (κ1) is 13.1. The van der Waals surface area contributed by atoms with Crippen molar-refractivity contribution in [3.63, 3.8) is 0 Å². The van der Waals surface area contributed by atoms with Crippen molar-refractivity contribution in [3.8, 4) is 0 Å². The second kappa shape index (κ2) is 7.53. The van der Waals surface area contributed by atoms with Gasteiger partial charge in [-0.3, -0.25) is 4.90 Å². The molecule has 0 atom stereocenters. The average Bonchev–Trinajstić information content (AvgIpc) is 2.16. The second-order valence-electron chi connectivity index (χ2n) is 2.97. The third-order valence-electron chi connectivity index (χ3n) is 1.92. The van der Waals surface area contributed by atoms with Crippen molar-refractivity contribution in [1.29, 1.82) is 0 Å². The normalized spacial score (nSPS) is 10.5. The summed E-state index contributed by atoms with van der Waals surface area (Å²) in [5.74, 6) is -0.931. The Morgan fingerprint density at radius 3 is 2.57 bits per heavy atom. The van der Waals surface area contributed by atoms with Crippen LogP contribution in [-0.2, 0) is 9.53 Å². The van der Waals surface area contributed by atoms with Crippen molar-refractivity contribution < 1.29 is 14.6 Å². The number of aliphatic carboxylic acids is 1. The first-order valence-corrected chi connectivity index (χ1v) is 4.83. The van der Waals surface area contributed by atoms with E-state index in [9.17, 15) is 4.79 Å². The number of hydrogen-bond acceptors (Lipinski definition) is 3. The van der Waals surface area contributed by atoms with Gasteiger partial charge in [0.25, 0.3) is 0 Å². The molecule has 0 bridgehead atoms. The molecule has 0 aromatic rings. The van der Waals surface area contributed by atoms with E-state index >= 15 is 0 Å². The number of hydrogen-bond donors (Lipinski definition) is 1. The van der Waals surface area contributed by atoms with Gasteiger partial charge in [-0.25, -0.2) is 4.79 Å². The summed E-state index contributed by atoms with van der Waals surface area (Å²) in [4.78, 5) is 12.5. The van der Waals surface area contributed by atoms with Crippen molar-refractivity contribution in [2.75, 3.05) is 32.8 Å². The van der Waals surface area contributed by atoms with Crippen LogP contribution in [0.3, 0.4) is 0 Å². The minimum absolute atomic E-state index is 0.225. The number of nitrogens with zero attached hydrogens (tertiary/aromatic N) is 1. The molecule has 14 heavy (non-hydrogen) atoms. The van der Waals surface area contributed by atoms with Crippen LogP contribution < -0.4 is 0 Å². The zero-order chi connectivity index (χ0) is 11.0. The highest BCUT2D eigenvalue weighted by atomic mass is 16.5. The fourth-order valence-electron chi connectivity index (χ4n) is 1.02. The molecule has 0 aliphatic carbocycles. The largest absolute Gasteiger partial charge is 0.478 e. The lowest BCUT2D eigenvalue weighted by molar-refractivity contribution is -0.132. The molecule has 0 radical (unpaired) electrons. The summed E-state index contributed by atoms with van der Waals surface area (Å²) in [6, 6.07) is 0. The second-order valence-corrected chi connectivity index (χ2v) is 2.97. The van der Waals surface area contributed by atoms with Crippen LogP contribution >= 0.6 is 0 Å². The summed E-state index contributed by atoms with van der Waals surface area (Å²) >= 11 is 0. The summed E-state index contributed by atoms with van der Waals surface area (Å²) < 4.78 is 5.19. The van der Waals surface area contributed by atoms with Gasteiger partial charge in [-0.15, -0.1) is 0 Å². The summed E-state index contributed by atoms with van der Waals surface area (Å²) in [6.07, 6.45) is 0. The zero-order valence-corrected chi connectivity index (χ0v) is 8.95. The van der Waals surface area contributed by atoms with Gasteiger partial charge in [0.05, 0.1) is 6.61 Å². The summed E-state index contributed by atoms with van der Waals surface area (Å²) in [7, 11) is 0. The maximum absolute atomic E-state index is 10.5. The summed E-state index contributed by atoms with van der Waals surface area (Å²) in [6.45, 7) is 10.7. The van der Waals surface area contributed by atoms with Crippen LogP contribution in [0.25, 0.3) is 0 Å². The third-order valence-corrected chi connectivity index (χ3v) is 1.92. The predicted molar refractivity (Wildman–Crippen MR) is 55.4 cm³/mol. The van der Waals surface area contributed by atoms with Crippen molar-refractivity contribution in [1.82, 2.24) is 4.90 Å². The van der Waals surface area contributed by atoms with E-state index in [1.807, 2.05) is 18.7 Å². The Hall–Kier alpha value is -0.870. The maximum Gasteiger partial charge on any atom is 0.332 e. The van der Waals surface area contributed by atoms with Gasteiger partial charge in [-0.05, 0) is 13.5 Å². The fourth-order valence-corrected chi connectivity index (χ4v) is 1.02. The van der Waals surface area contributed by atoms with Crippen LogP contribution in [0.15, 0.2) is 12.2 Å². The molecule has 82 valence electrons. The van der Waals surface area contributed by atoms with Gasteiger partial charge in [-0.2, -0.15) is 0 Å². The van der Waals surface area contributed by atoms with Crippen molar-refractivity contribution in [2.24, 2.45) is 0 Å². The molecular weight excluding hydrogens is 182 g/mol. The number of likely N-dealkylation sites (N-methyl/N-ethyl adjacent to an activating group) is 1. The van der Waals surface area contributed by atoms with Crippen LogP contribution in [0.1, 0.15) is 13.8 Å².